The fraction of sp³-hybridized carbons (Fsp3) is 0.0833. The van der Waals surface area contributed by atoms with E-state index >= 15 is 0 Å². The zero-order valence-electron chi connectivity index (χ0n) is 17.1. The van der Waals surface area contributed by atoms with Crippen molar-refractivity contribution >= 4 is 28.9 Å². The van der Waals surface area contributed by atoms with Gasteiger partial charge in [0.2, 0.25) is 0 Å². The molecule has 3 aromatic carbocycles. The number of ether oxygens (including phenoxy) is 2. The van der Waals surface area contributed by atoms with Crippen molar-refractivity contribution in [1.29, 1.82) is 5.26 Å². The summed E-state index contributed by atoms with van der Waals surface area (Å²) in [5, 5.41) is 23.0. The van der Waals surface area contributed by atoms with Gasteiger partial charge in [-0.1, -0.05) is 24.3 Å². The van der Waals surface area contributed by atoms with Crippen LogP contribution >= 0.6 is 0 Å². The molecule has 0 unspecified atom stereocenters. The standard InChI is InChI=1S/C24H19N3O5/c1-31-23-5-3-2-4-22(23)26-24(28)16-32-21-12-6-17(7-13-21)14-19(15-25)18-8-10-20(11-9-18)27(29)30/h2-14H,16H2,1H3,(H,26,28). The predicted octanol–water partition coefficient (Wildman–Crippen LogP) is 4.69. The van der Waals surface area contributed by atoms with Gasteiger partial charge >= 0.3 is 0 Å². The number of methoxy groups -OCH3 is 1. The topological polar surface area (TPSA) is 114 Å². The van der Waals surface area contributed by atoms with E-state index in [0.717, 1.165) is 5.56 Å². The molecule has 160 valence electrons. The molecule has 1 amide bonds. The molecule has 0 bridgehead atoms. The van der Waals surface area contributed by atoms with E-state index in [9.17, 15) is 20.2 Å². The Balaban J connectivity index is 1.62. The molecule has 8 nitrogen and oxygen atoms in total. The van der Waals surface area contributed by atoms with Crippen molar-refractivity contribution in [1.82, 2.24) is 0 Å². The minimum atomic E-state index is -0.491. The number of hydrogen-bond acceptors (Lipinski definition) is 6. The summed E-state index contributed by atoms with van der Waals surface area (Å²) in [5.74, 6) is 0.716. The highest BCUT2D eigenvalue weighted by molar-refractivity contribution is 5.93. The van der Waals surface area contributed by atoms with Crippen LogP contribution in [-0.2, 0) is 4.79 Å². The van der Waals surface area contributed by atoms with Crippen molar-refractivity contribution in [2.45, 2.75) is 0 Å². The smallest absolute Gasteiger partial charge is 0.269 e. The van der Waals surface area contributed by atoms with E-state index in [0.29, 0.717) is 28.3 Å². The number of nitrogens with one attached hydrogen (secondary N) is 1. The van der Waals surface area contributed by atoms with Crippen LogP contribution in [0, 0.1) is 21.4 Å². The largest absolute Gasteiger partial charge is 0.495 e. The first kappa shape index (κ1) is 22.1. The number of para-hydroxylation sites is 2. The first-order valence-electron chi connectivity index (χ1n) is 9.52. The molecule has 0 heterocycles. The Bertz CT molecular complexity index is 1180. The fourth-order valence-electron chi connectivity index (χ4n) is 2.85. The van der Waals surface area contributed by atoms with Gasteiger partial charge in [-0.05, 0) is 53.6 Å². The molecule has 32 heavy (non-hydrogen) atoms. The summed E-state index contributed by atoms with van der Waals surface area (Å²) in [6, 6.07) is 21.8. The highest BCUT2D eigenvalue weighted by Gasteiger charge is 2.09. The molecular formula is C24H19N3O5. The summed E-state index contributed by atoms with van der Waals surface area (Å²) in [5.41, 5.74) is 2.20. The van der Waals surface area contributed by atoms with Crippen molar-refractivity contribution in [2.75, 3.05) is 19.0 Å². The van der Waals surface area contributed by atoms with E-state index in [1.807, 2.05) is 0 Å². The molecule has 0 aromatic heterocycles. The Morgan fingerprint density at radius 2 is 1.78 bits per heavy atom. The number of allylic oxidation sites excluding steroid dienone is 1. The zero-order valence-corrected chi connectivity index (χ0v) is 17.1. The van der Waals surface area contributed by atoms with Gasteiger partial charge in [0, 0.05) is 12.1 Å². The lowest BCUT2D eigenvalue weighted by Crippen LogP contribution is -2.20. The SMILES string of the molecule is COc1ccccc1NC(=O)COc1ccc(C=C(C#N)c2ccc([N+](=O)[O-])cc2)cc1. The van der Waals surface area contributed by atoms with E-state index in [4.69, 9.17) is 9.47 Å². The molecule has 3 aromatic rings. The van der Waals surface area contributed by atoms with Crippen molar-refractivity contribution in [3.63, 3.8) is 0 Å². The molecule has 0 aliphatic rings. The zero-order chi connectivity index (χ0) is 22.9. The quantitative estimate of drug-likeness (QED) is 0.241. The van der Waals surface area contributed by atoms with Crippen LogP contribution in [0.1, 0.15) is 11.1 Å². The van der Waals surface area contributed by atoms with Gasteiger partial charge in [0.15, 0.2) is 6.61 Å². The van der Waals surface area contributed by atoms with Crippen LogP contribution < -0.4 is 14.8 Å². The lowest BCUT2D eigenvalue weighted by atomic mass is 10.0. The Morgan fingerprint density at radius 3 is 2.41 bits per heavy atom. The number of non-ortho nitro benzene ring substituents is 1. The van der Waals surface area contributed by atoms with E-state index in [2.05, 4.69) is 11.4 Å². The van der Waals surface area contributed by atoms with Crippen molar-refractivity contribution in [3.8, 4) is 17.6 Å². The Kier molecular flexibility index (Phi) is 7.17. The maximum Gasteiger partial charge on any atom is 0.269 e. The maximum atomic E-state index is 12.1. The van der Waals surface area contributed by atoms with Crippen molar-refractivity contribution in [2.24, 2.45) is 0 Å². The van der Waals surface area contributed by atoms with Crippen LogP contribution in [0.5, 0.6) is 11.5 Å². The van der Waals surface area contributed by atoms with Gasteiger partial charge in [0.25, 0.3) is 11.6 Å². The molecule has 0 atom stereocenters. The number of amides is 1. The highest BCUT2D eigenvalue weighted by atomic mass is 16.6. The van der Waals surface area contributed by atoms with Gasteiger partial charge in [0.1, 0.15) is 11.5 Å². The van der Waals surface area contributed by atoms with Gasteiger partial charge in [0.05, 0.1) is 29.4 Å². The molecular weight excluding hydrogens is 410 g/mol. The van der Waals surface area contributed by atoms with Crippen molar-refractivity contribution < 1.29 is 19.2 Å². The van der Waals surface area contributed by atoms with Crippen LogP contribution in [0.15, 0.2) is 72.8 Å². The normalized spacial score (nSPS) is 10.7. The van der Waals surface area contributed by atoms with Crippen LogP contribution in [0.4, 0.5) is 11.4 Å². The summed E-state index contributed by atoms with van der Waals surface area (Å²) >= 11 is 0. The number of rotatable bonds is 8. The lowest BCUT2D eigenvalue weighted by molar-refractivity contribution is -0.384. The van der Waals surface area contributed by atoms with Crippen LogP contribution in [0.2, 0.25) is 0 Å². The number of benzene rings is 3. The molecule has 0 spiro atoms. The summed E-state index contributed by atoms with van der Waals surface area (Å²) in [6.45, 7) is -0.181. The van der Waals surface area contributed by atoms with E-state index in [1.54, 1.807) is 54.6 Å². The van der Waals surface area contributed by atoms with Crippen LogP contribution in [-0.4, -0.2) is 24.5 Å². The second-order valence-electron chi connectivity index (χ2n) is 6.58. The van der Waals surface area contributed by atoms with Gasteiger partial charge < -0.3 is 14.8 Å². The van der Waals surface area contributed by atoms with Crippen LogP contribution in [0.3, 0.4) is 0 Å². The average molecular weight is 429 g/mol. The van der Waals surface area contributed by atoms with E-state index < -0.39 is 4.92 Å². The monoisotopic (exact) mass is 429 g/mol. The lowest BCUT2D eigenvalue weighted by Gasteiger charge is -2.10. The van der Waals surface area contributed by atoms with Gasteiger partial charge in [-0.3, -0.25) is 14.9 Å². The summed E-state index contributed by atoms with van der Waals surface area (Å²) in [7, 11) is 1.52. The third-order valence-electron chi connectivity index (χ3n) is 4.45. The molecule has 3 rings (SSSR count). The summed E-state index contributed by atoms with van der Waals surface area (Å²) < 4.78 is 10.7. The molecule has 0 radical (unpaired) electrons. The first-order valence-corrected chi connectivity index (χ1v) is 9.52. The third-order valence-corrected chi connectivity index (χ3v) is 4.45. The third kappa shape index (κ3) is 5.70. The van der Waals surface area contributed by atoms with Gasteiger partial charge in [-0.2, -0.15) is 5.26 Å². The van der Waals surface area contributed by atoms with Gasteiger partial charge in [-0.25, -0.2) is 0 Å². The number of nitriles is 1. The molecule has 0 saturated heterocycles. The summed E-state index contributed by atoms with van der Waals surface area (Å²) in [4.78, 5) is 22.4. The maximum absolute atomic E-state index is 12.1. The molecule has 8 heteroatoms. The summed E-state index contributed by atoms with van der Waals surface area (Å²) in [6.07, 6.45) is 1.67. The second kappa shape index (κ2) is 10.4. The van der Waals surface area contributed by atoms with Gasteiger partial charge in [-0.15, -0.1) is 0 Å². The molecule has 0 aliphatic carbocycles. The van der Waals surface area contributed by atoms with Crippen molar-refractivity contribution in [3.05, 3.63) is 94.0 Å². The fourth-order valence-corrected chi connectivity index (χ4v) is 2.85. The van der Waals surface area contributed by atoms with Crippen LogP contribution in [0.25, 0.3) is 11.6 Å². The average Bonchev–Trinajstić information content (AvgIpc) is 2.82. The molecule has 0 aliphatic heterocycles. The molecule has 1 N–H and O–H groups in total. The van der Waals surface area contributed by atoms with E-state index in [1.165, 1.54) is 31.4 Å². The predicted molar refractivity (Wildman–Crippen MR) is 120 cm³/mol. The number of hydrogen-bond donors (Lipinski definition) is 1. The van der Waals surface area contributed by atoms with E-state index in [-0.39, 0.29) is 18.2 Å². The minimum Gasteiger partial charge on any atom is -0.495 e. The Hall–Kier alpha value is -4.64. The Morgan fingerprint density at radius 1 is 1.09 bits per heavy atom. The number of anilines is 1. The molecule has 0 fully saturated rings. The second-order valence-corrected chi connectivity index (χ2v) is 6.58. The number of nitro benzene ring substituents is 1. The number of nitrogens with zero attached hydrogens (tertiary/aromatic N) is 2. The Labute approximate surface area is 184 Å². The number of carbonyl (C=O) groups is 1. The molecule has 0 saturated carbocycles. The first-order chi connectivity index (χ1) is 15.5. The highest BCUT2D eigenvalue weighted by Crippen LogP contribution is 2.24. The number of carbonyl (C=O) groups excluding carboxylic acids is 1. The number of nitro groups is 1. The minimum absolute atomic E-state index is 0.0395.